The fraction of sp³-hybridized carbons (Fsp3) is 0.385. The van der Waals surface area contributed by atoms with Gasteiger partial charge in [-0.05, 0) is 17.9 Å². The highest BCUT2D eigenvalue weighted by Crippen LogP contribution is 2.45. The molecule has 0 radical (unpaired) electrons. The molecule has 0 heterocycles. The Hall–Kier alpha value is -1.44. The van der Waals surface area contributed by atoms with Crippen LogP contribution in [0.5, 0.6) is 0 Å². The minimum absolute atomic E-state index is 0.0522. The molecule has 0 unspecified atom stereocenters. The van der Waals surface area contributed by atoms with Crippen molar-refractivity contribution in [1.82, 2.24) is 0 Å². The zero-order valence-corrected chi connectivity index (χ0v) is 8.40. The summed E-state index contributed by atoms with van der Waals surface area (Å²) in [7, 11) is 0. The molecule has 2 aliphatic rings. The summed E-state index contributed by atoms with van der Waals surface area (Å²) in [6.45, 7) is 0. The van der Waals surface area contributed by atoms with E-state index in [-0.39, 0.29) is 17.5 Å². The van der Waals surface area contributed by atoms with E-state index in [2.05, 4.69) is 0 Å². The van der Waals surface area contributed by atoms with E-state index in [9.17, 15) is 9.59 Å². The Morgan fingerprint density at radius 3 is 2.73 bits per heavy atom. The van der Waals surface area contributed by atoms with Crippen LogP contribution in [0.1, 0.15) is 41.1 Å². The second kappa shape index (κ2) is 3.02. The second-order valence-electron chi connectivity index (χ2n) is 4.45. The molecular weight excluding hydrogens is 188 g/mol. The van der Waals surface area contributed by atoms with Crippen molar-refractivity contribution < 1.29 is 9.59 Å². The minimum atomic E-state index is -0.0522. The number of carbonyl (C=O) groups excluding carboxylic acids is 2. The summed E-state index contributed by atoms with van der Waals surface area (Å²) < 4.78 is 0. The first-order valence-corrected chi connectivity index (χ1v) is 5.42. The van der Waals surface area contributed by atoms with E-state index in [0.717, 1.165) is 12.0 Å². The molecule has 1 aromatic rings. The van der Waals surface area contributed by atoms with Crippen LogP contribution < -0.4 is 0 Å². The van der Waals surface area contributed by atoms with E-state index in [1.54, 1.807) is 0 Å². The van der Waals surface area contributed by atoms with Crippen LogP contribution in [0, 0.1) is 5.92 Å². The summed E-state index contributed by atoms with van der Waals surface area (Å²) in [4.78, 5) is 23.4. The molecule has 2 nitrogen and oxygen atoms in total. The molecule has 3 rings (SSSR count). The number of hydrogen-bond donors (Lipinski definition) is 0. The Bertz CT molecular complexity index is 448. The van der Waals surface area contributed by atoms with E-state index in [4.69, 9.17) is 0 Å². The molecular formula is C13H12O2. The van der Waals surface area contributed by atoms with Crippen molar-refractivity contribution in [2.45, 2.75) is 25.2 Å². The Balaban J connectivity index is 2.08. The van der Waals surface area contributed by atoms with Crippen LogP contribution in [0.15, 0.2) is 24.3 Å². The Morgan fingerprint density at radius 2 is 1.87 bits per heavy atom. The summed E-state index contributed by atoms with van der Waals surface area (Å²) in [5.41, 5.74) is 2.02. The number of hydrogen-bond acceptors (Lipinski definition) is 2. The Morgan fingerprint density at radius 1 is 1.07 bits per heavy atom. The van der Waals surface area contributed by atoms with E-state index < -0.39 is 0 Å². The van der Waals surface area contributed by atoms with Crippen LogP contribution in [-0.2, 0) is 4.79 Å². The Kier molecular flexibility index (Phi) is 1.78. The Labute approximate surface area is 88.3 Å². The molecule has 0 aromatic heterocycles. The third-order valence-electron chi connectivity index (χ3n) is 3.63. The lowest BCUT2D eigenvalue weighted by Gasteiger charge is -2.23. The molecule has 2 atom stereocenters. The van der Waals surface area contributed by atoms with Crippen LogP contribution in [0.4, 0.5) is 0 Å². The average Bonchev–Trinajstić information content (AvgIpc) is 2.54. The van der Waals surface area contributed by atoms with Crippen LogP contribution in [0.3, 0.4) is 0 Å². The lowest BCUT2D eigenvalue weighted by atomic mass is 9.79. The highest BCUT2D eigenvalue weighted by atomic mass is 16.1. The molecule has 2 heteroatoms. The minimum Gasteiger partial charge on any atom is -0.300 e. The molecule has 0 bridgehead atoms. The molecule has 1 fully saturated rings. The van der Waals surface area contributed by atoms with Crippen molar-refractivity contribution in [3.05, 3.63) is 35.4 Å². The molecule has 2 aliphatic carbocycles. The molecule has 0 amide bonds. The van der Waals surface area contributed by atoms with Crippen molar-refractivity contribution in [3.8, 4) is 0 Å². The highest BCUT2D eigenvalue weighted by Gasteiger charge is 2.42. The summed E-state index contributed by atoms with van der Waals surface area (Å²) in [6.07, 6.45) is 1.95. The van der Waals surface area contributed by atoms with E-state index in [0.29, 0.717) is 18.8 Å². The van der Waals surface area contributed by atoms with Crippen LogP contribution in [0.2, 0.25) is 0 Å². The molecule has 0 N–H and O–H groups in total. The number of fused-ring (bicyclic) bond motifs is 3. The van der Waals surface area contributed by atoms with Gasteiger partial charge in [0.2, 0.25) is 0 Å². The third kappa shape index (κ3) is 1.17. The first kappa shape index (κ1) is 8.84. The monoisotopic (exact) mass is 200 g/mol. The zero-order chi connectivity index (χ0) is 10.4. The van der Waals surface area contributed by atoms with Gasteiger partial charge >= 0.3 is 0 Å². The summed E-state index contributed by atoms with van der Waals surface area (Å²) in [5, 5.41) is 0. The SMILES string of the molecule is O=C1CC[C@@H]2c3ccccc3C(=O)[C@H]2C1. The smallest absolute Gasteiger partial charge is 0.167 e. The molecule has 0 spiro atoms. The number of rotatable bonds is 0. The second-order valence-corrected chi connectivity index (χ2v) is 4.45. The summed E-state index contributed by atoms with van der Waals surface area (Å²) in [6, 6.07) is 7.80. The number of carbonyl (C=O) groups is 2. The van der Waals surface area contributed by atoms with Crippen molar-refractivity contribution in [2.75, 3.05) is 0 Å². The lowest BCUT2D eigenvalue weighted by Crippen LogP contribution is -2.23. The van der Waals surface area contributed by atoms with E-state index in [1.807, 2.05) is 24.3 Å². The highest BCUT2D eigenvalue weighted by molar-refractivity contribution is 6.05. The van der Waals surface area contributed by atoms with Crippen molar-refractivity contribution in [3.63, 3.8) is 0 Å². The lowest BCUT2D eigenvalue weighted by molar-refractivity contribution is -0.121. The maximum Gasteiger partial charge on any atom is 0.167 e. The average molecular weight is 200 g/mol. The van der Waals surface area contributed by atoms with Crippen LogP contribution >= 0.6 is 0 Å². The van der Waals surface area contributed by atoms with Gasteiger partial charge in [-0.15, -0.1) is 0 Å². The van der Waals surface area contributed by atoms with Crippen LogP contribution in [-0.4, -0.2) is 11.6 Å². The number of benzene rings is 1. The molecule has 0 saturated heterocycles. The number of ketones is 2. The first-order valence-electron chi connectivity index (χ1n) is 5.42. The topological polar surface area (TPSA) is 34.1 Å². The van der Waals surface area contributed by atoms with Gasteiger partial charge in [-0.1, -0.05) is 24.3 Å². The summed E-state index contributed by atoms with van der Waals surface area (Å²) >= 11 is 0. The summed E-state index contributed by atoms with van der Waals surface area (Å²) in [5.74, 6) is 0.691. The molecule has 1 saturated carbocycles. The van der Waals surface area contributed by atoms with Gasteiger partial charge < -0.3 is 0 Å². The van der Waals surface area contributed by atoms with E-state index >= 15 is 0 Å². The van der Waals surface area contributed by atoms with Crippen molar-refractivity contribution in [1.29, 1.82) is 0 Å². The van der Waals surface area contributed by atoms with Crippen molar-refractivity contribution in [2.24, 2.45) is 5.92 Å². The normalized spacial score (nSPS) is 28.8. The maximum absolute atomic E-state index is 12.0. The standard InChI is InChI=1S/C13H12O2/c14-8-5-6-10-9-3-1-2-4-11(9)13(15)12(10)7-8/h1-4,10,12H,5-7H2/t10-,12+/m1/s1. The largest absolute Gasteiger partial charge is 0.300 e. The van der Waals surface area contributed by atoms with Gasteiger partial charge in [-0.2, -0.15) is 0 Å². The molecule has 76 valence electrons. The molecule has 1 aromatic carbocycles. The van der Waals surface area contributed by atoms with Crippen LogP contribution in [0.25, 0.3) is 0 Å². The molecule has 15 heavy (non-hydrogen) atoms. The molecule has 0 aliphatic heterocycles. The van der Waals surface area contributed by atoms with Gasteiger partial charge in [0.15, 0.2) is 5.78 Å². The van der Waals surface area contributed by atoms with Gasteiger partial charge in [0.25, 0.3) is 0 Å². The van der Waals surface area contributed by atoms with Gasteiger partial charge in [-0.3, -0.25) is 9.59 Å². The first-order chi connectivity index (χ1) is 7.27. The predicted molar refractivity (Wildman–Crippen MR) is 55.9 cm³/mol. The zero-order valence-electron chi connectivity index (χ0n) is 8.40. The third-order valence-corrected chi connectivity index (χ3v) is 3.63. The van der Waals surface area contributed by atoms with E-state index in [1.165, 1.54) is 5.56 Å². The predicted octanol–water partition coefficient (Wildman–Crippen LogP) is 2.34. The van der Waals surface area contributed by atoms with Gasteiger partial charge in [0.05, 0.1) is 0 Å². The van der Waals surface area contributed by atoms with Crippen molar-refractivity contribution >= 4 is 11.6 Å². The fourth-order valence-electron chi connectivity index (χ4n) is 2.90. The maximum atomic E-state index is 12.0. The number of Topliss-reactive ketones (excluding diaryl/α,β-unsaturated/α-hetero) is 2. The van der Waals surface area contributed by atoms with Gasteiger partial charge in [0, 0.05) is 24.3 Å². The fourth-order valence-corrected chi connectivity index (χ4v) is 2.90. The van der Waals surface area contributed by atoms with Gasteiger partial charge in [-0.25, -0.2) is 0 Å². The van der Waals surface area contributed by atoms with Gasteiger partial charge in [0.1, 0.15) is 5.78 Å². The quantitative estimate of drug-likeness (QED) is 0.644.